The summed E-state index contributed by atoms with van der Waals surface area (Å²) < 4.78 is 0. The number of carbonyl (C=O) groups is 1. The first kappa shape index (κ1) is 12.6. The molecule has 0 aromatic heterocycles. The van der Waals surface area contributed by atoms with E-state index in [1.165, 1.54) is 19.3 Å². The summed E-state index contributed by atoms with van der Waals surface area (Å²) >= 11 is 0. The molecule has 96 valence electrons. The third-order valence-corrected chi connectivity index (χ3v) is 4.09. The molecule has 2 aliphatic rings. The number of amides is 1. The minimum atomic E-state index is 0.347. The molecule has 0 saturated carbocycles. The third-order valence-electron chi connectivity index (χ3n) is 4.09. The smallest absolute Gasteiger partial charge is 0.222 e. The van der Waals surface area contributed by atoms with E-state index in [0.717, 1.165) is 26.1 Å². The summed E-state index contributed by atoms with van der Waals surface area (Å²) in [6.07, 6.45) is 7.41. The Bertz CT molecular complexity index is 290. The van der Waals surface area contributed by atoms with Gasteiger partial charge in [-0.2, -0.15) is 0 Å². The van der Waals surface area contributed by atoms with Gasteiger partial charge in [0.15, 0.2) is 0 Å². The van der Waals surface area contributed by atoms with Gasteiger partial charge in [-0.1, -0.05) is 13.0 Å². The lowest BCUT2D eigenvalue weighted by Gasteiger charge is -2.40. The Kier molecular flexibility index (Phi) is 4.21. The normalized spacial score (nSPS) is 29.8. The molecule has 2 saturated heterocycles. The molecular weight excluding hydrogens is 212 g/mol. The maximum absolute atomic E-state index is 12.1. The molecule has 0 spiro atoms. The molecular formula is C14H24N2O. The van der Waals surface area contributed by atoms with Crippen molar-refractivity contribution >= 4 is 5.91 Å². The maximum Gasteiger partial charge on any atom is 0.222 e. The van der Waals surface area contributed by atoms with Crippen molar-refractivity contribution in [2.75, 3.05) is 19.6 Å². The maximum atomic E-state index is 12.1. The topological polar surface area (TPSA) is 23.6 Å². The molecule has 0 aliphatic carbocycles. The number of nitrogens with zero attached hydrogens (tertiary/aromatic N) is 2. The molecule has 3 nitrogen and oxygen atoms in total. The molecule has 2 rings (SSSR count). The highest BCUT2D eigenvalue weighted by Crippen LogP contribution is 2.29. The van der Waals surface area contributed by atoms with E-state index in [-0.39, 0.29) is 0 Å². The fraction of sp³-hybridized carbons (Fsp3) is 0.786. The fourth-order valence-electron chi connectivity index (χ4n) is 3.29. The SMILES string of the molecule is C=CCN1CCC2CCCC(C1)N2C(=O)CC. The standard InChI is InChI=1S/C14H24N2O/c1-3-9-15-10-8-12-6-5-7-13(11-15)16(12)14(17)4-2/h3,12-13H,1,4-11H2,2H3. The van der Waals surface area contributed by atoms with E-state index in [4.69, 9.17) is 0 Å². The number of hydrogen-bond donors (Lipinski definition) is 0. The van der Waals surface area contributed by atoms with Gasteiger partial charge in [0.25, 0.3) is 0 Å². The summed E-state index contributed by atoms with van der Waals surface area (Å²) in [5.74, 6) is 0.347. The number of carbonyl (C=O) groups excluding carboxylic acids is 1. The highest BCUT2D eigenvalue weighted by molar-refractivity contribution is 5.76. The van der Waals surface area contributed by atoms with Gasteiger partial charge in [0.1, 0.15) is 0 Å². The quantitative estimate of drug-likeness (QED) is 0.700. The van der Waals surface area contributed by atoms with Crippen molar-refractivity contribution in [1.82, 2.24) is 9.80 Å². The largest absolute Gasteiger partial charge is 0.335 e. The summed E-state index contributed by atoms with van der Waals surface area (Å²) in [6.45, 7) is 8.90. The highest BCUT2D eigenvalue weighted by atomic mass is 16.2. The number of piperidine rings is 1. The van der Waals surface area contributed by atoms with E-state index in [0.29, 0.717) is 24.4 Å². The Morgan fingerprint density at radius 3 is 2.82 bits per heavy atom. The van der Waals surface area contributed by atoms with Gasteiger partial charge in [0.05, 0.1) is 0 Å². The van der Waals surface area contributed by atoms with Gasteiger partial charge >= 0.3 is 0 Å². The van der Waals surface area contributed by atoms with Crippen LogP contribution in [0.3, 0.4) is 0 Å². The zero-order valence-electron chi connectivity index (χ0n) is 10.9. The second kappa shape index (κ2) is 5.67. The summed E-state index contributed by atoms with van der Waals surface area (Å²) in [7, 11) is 0. The van der Waals surface area contributed by atoms with E-state index >= 15 is 0 Å². The molecule has 2 aliphatic heterocycles. The first-order valence-electron chi connectivity index (χ1n) is 6.90. The van der Waals surface area contributed by atoms with Crippen molar-refractivity contribution in [1.29, 1.82) is 0 Å². The Hall–Kier alpha value is -0.830. The van der Waals surface area contributed by atoms with Crippen molar-refractivity contribution in [3.8, 4) is 0 Å². The predicted octanol–water partition coefficient (Wildman–Crippen LogP) is 2.04. The van der Waals surface area contributed by atoms with Crippen molar-refractivity contribution < 1.29 is 4.79 Å². The van der Waals surface area contributed by atoms with E-state index in [1.54, 1.807) is 0 Å². The molecule has 2 unspecified atom stereocenters. The average molecular weight is 236 g/mol. The van der Waals surface area contributed by atoms with Crippen molar-refractivity contribution in [2.45, 2.75) is 51.1 Å². The lowest BCUT2D eigenvalue weighted by Crippen LogP contribution is -2.51. The molecule has 0 radical (unpaired) electrons. The van der Waals surface area contributed by atoms with Crippen molar-refractivity contribution in [3.05, 3.63) is 12.7 Å². The molecule has 3 heteroatoms. The highest BCUT2D eigenvalue weighted by Gasteiger charge is 2.36. The van der Waals surface area contributed by atoms with Crippen LogP contribution in [-0.4, -0.2) is 47.4 Å². The predicted molar refractivity (Wildman–Crippen MR) is 69.8 cm³/mol. The van der Waals surface area contributed by atoms with Gasteiger partial charge in [0, 0.05) is 38.1 Å². The van der Waals surface area contributed by atoms with E-state index < -0.39 is 0 Å². The van der Waals surface area contributed by atoms with Crippen LogP contribution >= 0.6 is 0 Å². The van der Waals surface area contributed by atoms with Gasteiger partial charge in [-0.25, -0.2) is 0 Å². The monoisotopic (exact) mass is 236 g/mol. The summed E-state index contributed by atoms with van der Waals surface area (Å²) in [5.41, 5.74) is 0. The van der Waals surface area contributed by atoms with Gasteiger partial charge in [-0.05, 0) is 25.7 Å². The number of rotatable bonds is 3. The van der Waals surface area contributed by atoms with Crippen LogP contribution in [0, 0.1) is 0 Å². The summed E-state index contributed by atoms with van der Waals surface area (Å²) in [6, 6.07) is 0.944. The van der Waals surface area contributed by atoms with Crippen LogP contribution in [0.2, 0.25) is 0 Å². The molecule has 17 heavy (non-hydrogen) atoms. The molecule has 0 aromatic rings. The molecule has 2 atom stereocenters. The van der Waals surface area contributed by atoms with Gasteiger partial charge in [-0.3, -0.25) is 9.69 Å². The molecule has 2 bridgehead atoms. The van der Waals surface area contributed by atoms with Crippen LogP contribution in [0.25, 0.3) is 0 Å². The summed E-state index contributed by atoms with van der Waals surface area (Å²) in [5, 5.41) is 0. The fourth-order valence-corrected chi connectivity index (χ4v) is 3.29. The second-order valence-corrected chi connectivity index (χ2v) is 5.23. The zero-order chi connectivity index (χ0) is 12.3. The van der Waals surface area contributed by atoms with Crippen molar-refractivity contribution in [3.63, 3.8) is 0 Å². The third kappa shape index (κ3) is 2.71. The van der Waals surface area contributed by atoms with E-state index in [1.807, 2.05) is 13.0 Å². The summed E-state index contributed by atoms with van der Waals surface area (Å²) in [4.78, 5) is 16.7. The Morgan fingerprint density at radius 2 is 2.12 bits per heavy atom. The zero-order valence-corrected chi connectivity index (χ0v) is 10.9. The van der Waals surface area contributed by atoms with Gasteiger partial charge in [-0.15, -0.1) is 6.58 Å². The second-order valence-electron chi connectivity index (χ2n) is 5.23. The first-order chi connectivity index (χ1) is 8.26. The van der Waals surface area contributed by atoms with E-state index in [9.17, 15) is 4.79 Å². The minimum Gasteiger partial charge on any atom is -0.335 e. The molecule has 0 aromatic carbocycles. The lowest BCUT2D eigenvalue weighted by molar-refractivity contribution is -0.137. The Morgan fingerprint density at radius 1 is 1.35 bits per heavy atom. The van der Waals surface area contributed by atoms with Crippen LogP contribution in [0.5, 0.6) is 0 Å². The first-order valence-corrected chi connectivity index (χ1v) is 6.90. The van der Waals surface area contributed by atoms with Gasteiger partial charge < -0.3 is 4.90 Å². The minimum absolute atomic E-state index is 0.347. The van der Waals surface area contributed by atoms with Crippen molar-refractivity contribution in [2.24, 2.45) is 0 Å². The lowest BCUT2D eigenvalue weighted by atomic mass is 9.94. The van der Waals surface area contributed by atoms with Gasteiger partial charge in [0.2, 0.25) is 5.91 Å². The number of hydrogen-bond acceptors (Lipinski definition) is 2. The molecule has 1 amide bonds. The molecule has 0 N–H and O–H groups in total. The van der Waals surface area contributed by atoms with E-state index in [2.05, 4.69) is 16.4 Å². The Labute approximate surface area is 104 Å². The number of fused-ring (bicyclic) bond motifs is 2. The molecule has 2 heterocycles. The van der Waals surface area contributed by atoms with Crippen LogP contribution < -0.4 is 0 Å². The average Bonchev–Trinajstić information content (AvgIpc) is 2.44. The molecule has 2 fully saturated rings. The van der Waals surface area contributed by atoms with Crippen LogP contribution in [0.1, 0.15) is 39.0 Å². The van der Waals surface area contributed by atoms with Crippen LogP contribution in [0.4, 0.5) is 0 Å². The Balaban J connectivity index is 2.11. The van der Waals surface area contributed by atoms with Crippen LogP contribution in [0.15, 0.2) is 12.7 Å². The van der Waals surface area contributed by atoms with Crippen LogP contribution in [-0.2, 0) is 4.79 Å².